The van der Waals surface area contributed by atoms with Crippen LogP contribution in [0.2, 0.25) is 0 Å². The minimum absolute atomic E-state index is 0.109. The number of fused-ring (bicyclic) bond motifs is 3. The van der Waals surface area contributed by atoms with Gasteiger partial charge >= 0.3 is 0 Å². The van der Waals surface area contributed by atoms with Crippen molar-refractivity contribution in [3.8, 4) is 0 Å². The van der Waals surface area contributed by atoms with Gasteiger partial charge in [-0.25, -0.2) is 4.98 Å². The van der Waals surface area contributed by atoms with Crippen LogP contribution in [0.15, 0.2) is 40.2 Å². The Kier molecular flexibility index (Phi) is 5.31. The van der Waals surface area contributed by atoms with Gasteiger partial charge in [0, 0.05) is 28.2 Å². The molecule has 140 valence electrons. The second-order valence-electron chi connectivity index (χ2n) is 6.66. The number of thiazole rings is 1. The molecule has 1 aliphatic rings. The standard InChI is InChI=1S/C20H21N3O2S2/c1-26-14-9-7-13(8-10-14)11-21-18(24)15-12-22-20-23(19(15)25)16-5-3-2-4-6-17(16)27-20/h7-10,12H,2-6,11H2,1H3,(H,21,24). The van der Waals surface area contributed by atoms with E-state index in [0.29, 0.717) is 11.5 Å². The Hall–Kier alpha value is -2.12. The molecule has 1 aliphatic carbocycles. The van der Waals surface area contributed by atoms with Crippen LogP contribution in [-0.4, -0.2) is 21.5 Å². The van der Waals surface area contributed by atoms with Crippen LogP contribution < -0.4 is 10.9 Å². The van der Waals surface area contributed by atoms with Gasteiger partial charge < -0.3 is 5.32 Å². The van der Waals surface area contributed by atoms with Gasteiger partial charge in [0.15, 0.2) is 4.96 Å². The smallest absolute Gasteiger partial charge is 0.271 e. The van der Waals surface area contributed by atoms with Crippen molar-refractivity contribution in [3.05, 3.63) is 62.5 Å². The number of rotatable bonds is 4. The van der Waals surface area contributed by atoms with E-state index in [1.165, 1.54) is 22.4 Å². The fourth-order valence-corrected chi connectivity index (χ4v) is 5.00. The lowest BCUT2D eigenvalue weighted by Crippen LogP contribution is -2.31. The molecule has 0 aliphatic heterocycles. The number of nitrogens with one attached hydrogen (secondary N) is 1. The molecule has 2 aromatic heterocycles. The van der Waals surface area contributed by atoms with E-state index in [1.54, 1.807) is 27.5 Å². The second-order valence-corrected chi connectivity index (χ2v) is 8.60. The van der Waals surface area contributed by atoms with E-state index in [9.17, 15) is 9.59 Å². The molecule has 0 saturated heterocycles. The van der Waals surface area contributed by atoms with E-state index in [1.807, 2.05) is 30.5 Å². The Morgan fingerprint density at radius 2 is 2.00 bits per heavy atom. The summed E-state index contributed by atoms with van der Waals surface area (Å²) in [5.74, 6) is -0.371. The van der Waals surface area contributed by atoms with Crippen molar-refractivity contribution in [1.82, 2.24) is 14.7 Å². The maximum Gasteiger partial charge on any atom is 0.271 e. The van der Waals surface area contributed by atoms with Gasteiger partial charge in [-0.1, -0.05) is 18.6 Å². The normalized spacial score (nSPS) is 14.0. The van der Waals surface area contributed by atoms with Crippen LogP contribution >= 0.6 is 23.1 Å². The van der Waals surface area contributed by atoms with Crippen LogP contribution in [0.3, 0.4) is 0 Å². The molecule has 0 spiro atoms. The third-order valence-electron chi connectivity index (χ3n) is 4.91. The molecule has 1 N–H and O–H groups in total. The van der Waals surface area contributed by atoms with Crippen molar-refractivity contribution in [2.75, 3.05) is 6.26 Å². The minimum Gasteiger partial charge on any atom is -0.348 e. The molecule has 5 nitrogen and oxygen atoms in total. The molecule has 0 atom stereocenters. The number of aromatic nitrogens is 2. The van der Waals surface area contributed by atoms with Gasteiger partial charge in [0.05, 0.1) is 0 Å². The van der Waals surface area contributed by atoms with E-state index in [4.69, 9.17) is 0 Å². The van der Waals surface area contributed by atoms with Gasteiger partial charge in [-0.3, -0.25) is 14.0 Å². The summed E-state index contributed by atoms with van der Waals surface area (Å²) < 4.78 is 1.66. The lowest BCUT2D eigenvalue weighted by molar-refractivity contribution is 0.0949. The van der Waals surface area contributed by atoms with E-state index in [-0.39, 0.29) is 17.0 Å². The first-order chi connectivity index (χ1) is 13.2. The van der Waals surface area contributed by atoms with Crippen LogP contribution in [0.1, 0.15) is 45.8 Å². The molecule has 3 aromatic rings. The van der Waals surface area contributed by atoms with Gasteiger partial charge in [-0.05, 0) is 49.6 Å². The summed E-state index contributed by atoms with van der Waals surface area (Å²) in [6.07, 6.45) is 8.73. The van der Waals surface area contributed by atoms with E-state index in [2.05, 4.69) is 10.3 Å². The van der Waals surface area contributed by atoms with Crippen molar-refractivity contribution < 1.29 is 4.79 Å². The van der Waals surface area contributed by atoms with Crippen molar-refractivity contribution in [2.24, 2.45) is 0 Å². The van der Waals surface area contributed by atoms with Crippen LogP contribution in [0.5, 0.6) is 0 Å². The van der Waals surface area contributed by atoms with Gasteiger partial charge in [0.2, 0.25) is 0 Å². The largest absolute Gasteiger partial charge is 0.348 e. The van der Waals surface area contributed by atoms with Crippen molar-refractivity contribution in [3.63, 3.8) is 0 Å². The highest BCUT2D eigenvalue weighted by molar-refractivity contribution is 7.98. The Morgan fingerprint density at radius 3 is 2.78 bits per heavy atom. The Morgan fingerprint density at radius 1 is 1.22 bits per heavy atom. The first kappa shape index (κ1) is 18.3. The fourth-order valence-electron chi connectivity index (χ4n) is 3.42. The lowest BCUT2D eigenvalue weighted by atomic mass is 10.2. The SMILES string of the molecule is CSc1ccc(CNC(=O)c2cnc3sc4c(n3c2=O)CCCCC4)cc1. The minimum atomic E-state index is -0.371. The number of aryl methyl sites for hydroxylation is 2. The molecule has 1 aromatic carbocycles. The predicted molar refractivity (Wildman–Crippen MR) is 110 cm³/mol. The first-order valence-electron chi connectivity index (χ1n) is 9.11. The second kappa shape index (κ2) is 7.86. The van der Waals surface area contributed by atoms with Crippen LogP contribution in [0.25, 0.3) is 4.96 Å². The molecule has 0 saturated carbocycles. The Balaban J connectivity index is 1.59. The van der Waals surface area contributed by atoms with Gasteiger partial charge in [0.25, 0.3) is 11.5 Å². The summed E-state index contributed by atoms with van der Waals surface area (Å²) in [5.41, 5.74) is 1.90. The Labute approximate surface area is 165 Å². The molecule has 4 rings (SSSR count). The van der Waals surface area contributed by atoms with Crippen molar-refractivity contribution >= 4 is 34.0 Å². The molecule has 0 unspecified atom stereocenters. The summed E-state index contributed by atoms with van der Waals surface area (Å²) >= 11 is 3.26. The first-order valence-corrected chi connectivity index (χ1v) is 11.1. The van der Waals surface area contributed by atoms with E-state index < -0.39 is 0 Å². The number of benzene rings is 1. The summed E-state index contributed by atoms with van der Waals surface area (Å²) in [4.78, 5) is 33.1. The number of carbonyl (C=O) groups excluding carboxylic acids is 1. The zero-order chi connectivity index (χ0) is 18.8. The summed E-state index contributed by atoms with van der Waals surface area (Å²) in [6.45, 7) is 0.386. The molecule has 7 heteroatoms. The molecule has 0 radical (unpaired) electrons. The number of carbonyl (C=O) groups is 1. The molecule has 1 amide bonds. The highest BCUT2D eigenvalue weighted by atomic mass is 32.2. The maximum absolute atomic E-state index is 13.0. The van der Waals surface area contributed by atoms with Gasteiger partial charge in [-0.2, -0.15) is 0 Å². The molecular weight excluding hydrogens is 378 g/mol. The molecule has 0 fully saturated rings. The molecular formula is C20H21N3O2S2. The van der Waals surface area contributed by atoms with Crippen LogP contribution in [-0.2, 0) is 19.4 Å². The number of hydrogen-bond acceptors (Lipinski definition) is 5. The van der Waals surface area contributed by atoms with E-state index >= 15 is 0 Å². The van der Waals surface area contributed by atoms with Crippen molar-refractivity contribution in [2.45, 2.75) is 43.5 Å². The monoisotopic (exact) mass is 399 g/mol. The van der Waals surface area contributed by atoms with Crippen LogP contribution in [0.4, 0.5) is 0 Å². The van der Waals surface area contributed by atoms with Gasteiger partial charge in [0.1, 0.15) is 5.56 Å². The third kappa shape index (κ3) is 3.66. The summed E-state index contributed by atoms with van der Waals surface area (Å²) in [5, 5.41) is 2.85. The molecule has 0 bridgehead atoms. The average molecular weight is 400 g/mol. The zero-order valence-corrected chi connectivity index (χ0v) is 16.8. The third-order valence-corrected chi connectivity index (χ3v) is 6.81. The Bertz CT molecular complexity index is 1040. The lowest BCUT2D eigenvalue weighted by Gasteiger charge is -2.07. The summed E-state index contributed by atoms with van der Waals surface area (Å²) in [7, 11) is 0. The number of thioether (sulfide) groups is 1. The maximum atomic E-state index is 13.0. The predicted octanol–water partition coefficient (Wildman–Crippen LogP) is 3.68. The fraction of sp³-hybridized carbons (Fsp3) is 0.350. The number of nitrogens with zero attached hydrogens (tertiary/aromatic N) is 2. The molecule has 2 heterocycles. The number of amides is 1. The number of hydrogen-bond donors (Lipinski definition) is 1. The van der Waals surface area contributed by atoms with Gasteiger partial charge in [-0.15, -0.1) is 23.1 Å². The summed E-state index contributed by atoms with van der Waals surface area (Å²) in [6, 6.07) is 8.02. The van der Waals surface area contributed by atoms with Crippen LogP contribution in [0, 0.1) is 0 Å². The molecule has 27 heavy (non-hydrogen) atoms. The highest BCUT2D eigenvalue weighted by Gasteiger charge is 2.20. The zero-order valence-electron chi connectivity index (χ0n) is 15.2. The quantitative estimate of drug-likeness (QED) is 0.537. The van der Waals surface area contributed by atoms with Crippen molar-refractivity contribution in [1.29, 1.82) is 0 Å². The van der Waals surface area contributed by atoms with E-state index in [0.717, 1.165) is 36.9 Å². The topological polar surface area (TPSA) is 63.5 Å². The highest BCUT2D eigenvalue weighted by Crippen LogP contribution is 2.27. The average Bonchev–Trinajstić information content (AvgIpc) is 2.89.